The Kier molecular flexibility index (Phi) is 7.08. The quantitative estimate of drug-likeness (QED) is 0.217. The predicted molar refractivity (Wildman–Crippen MR) is 121 cm³/mol. The Bertz CT molecular complexity index is 1210. The van der Waals surface area contributed by atoms with Gasteiger partial charge >= 0.3 is 0 Å². The molecule has 32 heavy (non-hydrogen) atoms. The van der Waals surface area contributed by atoms with Crippen molar-refractivity contribution in [2.75, 3.05) is 14.1 Å². The number of imidazole rings is 1. The van der Waals surface area contributed by atoms with Crippen LogP contribution in [0.15, 0.2) is 40.4 Å². The van der Waals surface area contributed by atoms with Crippen molar-refractivity contribution < 1.29 is 9.72 Å². The van der Waals surface area contributed by atoms with Gasteiger partial charge in [-0.1, -0.05) is 25.5 Å². The third-order valence-electron chi connectivity index (χ3n) is 4.83. The molecule has 3 rings (SSSR count). The average molecular weight is 439 g/mol. The van der Waals surface area contributed by atoms with Crippen molar-refractivity contribution in [2.24, 2.45) is 4.99 Å². The number of aliphatic imine (C=N–C) groups is 1. The van der Waals surface area contributed by atoms with Gasteiger partial charge < -0.3 is 4.90 Å². The van der Waals surface area contributed by atoms with E-state index in [1.54, 1.807) is 31.1 Å². The summed E-state index contributed by atoms with van der Waals surface area (Å²) in [4.78, 5) is 50.7. The normalized spacial score (nSPS) is 11.3. The summed E-state index contributed by atoms with van der Waals surface area (Å²) in [5.41, 5.74) is 0.717. The second-order valence-corrected chi connectivity index (χ2v) is 7.53. The molecule has 0 unspecified atom stereocenters. The number of carbonyl (C=O) groups excluding carboxylic acids is 1. The van der Waals surface area contributed by atoms with Gasteiger partial charge in [-0.25, -0.2) is 9.98 Å². The van der Waals surface area contributed by atoms with Gasteiger partial charge in [0.05, 0.1) is 11.3 Å². The molecule has 3 aromatic rings. The fourth-order valence-corrected chi connectivity index (χ4v) is 3.10. The molecular weight excluding hydrogens is 414 g/mol. The minimum atomic E-state index is -0.460. The van der Waals surface area contributed by atoms with E-state index in [1.165, 1.54) is 33.9 Å². The van der Waals surface area contributed by atoms with Crippen molar-refractivity contribution in [1.82, 2.24) is 24.0 Å². The Labute approximate surface area is 184 Å². The van der Waals surface area contributed by atoms with Crippen LogP contribution in [0.5, 0.6) is 0 Å². The molecule has 11 nitrogen and oxygen atoms in total. The maximum Gasteiger partial charge on any atom is 0.283 e. The largest absolute Gasteiger partial charge is 0.369 e. The van der Waals surface area contributed by atoms with E-state index in [-0.39, 0.29) is 35.3 Å². The summed E-state index contributed by atoms with van der Waals surface area (Å²) < 4.78 is 2.71. The third kappa shape index (κ3) is 5.05. The summed E-state index contributed by atoms with van der Waals surface area (Å²) in [5, 5.41) is 10.8. The van der Waals surface area contributed by atoms with E-state index in [4.69, 9.17) is 0 Å². The van der Waals surface area contributed by atoms with Gasteiger partial charge in [-0.2, -0.15) is 4.98 Å². The smallest absolute Gasteiger partial charge is 0.283 e. The highest BCUT2D eigenvalue weighted by Gasteiger charge is 2.18. The van der Waals surface area contributed by atoms with E-state index in [0.717, 1.165) is 18.4 Å². The van der Waals surface area contributed by atoms with Crippen LogP contribution in [0.3, 0.4) is 0 Å². The van der Waals surface area contributed by atoms with Crippen LogP contribution in [0.25, 0.3) is 11.2 Å². The Morgan fingerprint density at radius 2 is 2.00 bits per heavy atom. The summed E-state index contributed by atoms with van der Waals surface area (Å²) in [6.45, 7) is 2.24. The highest BCUT2D eigenvalue weighted by atomic mass is 16.6. The monoisotopic (exact) mass is 439 g/mol. The number of nitro benzene ring substituents is 1. The number of carbonyl (C=O) groups is 1. The molecule has 1 aromatic carbocycles. The Morgan fingerprint density at radius 3 is 2.62 bits per heavy atom. The lowest BCUT2D eigenvalue weighted by Crippen LogP contribution is -2.24. The van der Waals surface area contributed by atoms with Crippen LogP contribution in [0.2, 0.25) is 0 Å². The van der Waals surface area contributed by atoms with Gasteiger partial charge in [0.25, 0.3) is 11.2 Å². The van der Waals surface area contributed by atoms with Crippen molar-refractivity contribution in [3.05, 3.63) is 56.6 Å². The van der Waals surface area contributed by atoms with E-state index < -0.39 is 10.5 Å². The van der Waals surface area contributed by atoms with Crippen LogP contribution < -0.4 is 5.56 Å². The molecule has 168 valence electrons. The minimum absolute atomic E-state index is 0.00329. The first kappa shape index (κ1) is 22.8. The zero-order valence-electron chi connectivity index (χ0n) is 18.3. The zero-order valence-corrected chi connectivity index (χ0v) is 18.3. The lowest BCUT2D eigenvalue weighted by molar-refractivity contribution is -0.384. The van der Waals surface area contributed by atoms with E-state index >= 15 is 0 Å². The van der Waals surface area contributed by atoms with Crippen molar-refractivity contribution in [3.8, 4) is 0 Å². The van der Waals surface area contributed by atoms with Gasteiger partial charge in [-0.15, -0.1) is 0 Å². The van der Waals surface area contributed by atoms with Crippen molar-refractivity contribution in [1.29, 1.82) is 0 Å². The SMILES string of the molecule is CCCCC(=O)n1cnc2c(=O)n(CCc3ccc([N+](=O)[O-])cc3)c(/N=C/N(C)C)nc21. The molecule has 0 aliphatic rings. The molecule has 0 radical (unpaired) electrons. The number of nitro groups is 1. The Morgan fingerprint density at radius 1 is 1.28 bits per heavy atom. The van der Waals surface area contributed by atoms with E-state index in [9.17, 15) is 19.7 Å². The van der Waals surface area contributed by atoms with Crippen LogP contribution in [0.4, 0.5) is 11.6 Å². The summed E-state index contributed by atoms with van der Waals surface area (Å²) in [6, 6.07) is 6.15. The average Bonchev–Trinajstić information content (AvgIpc) is 3.20. The first-order chi connectivity index (χ1) is 15.3. The predicted octanol–water partition coefficient (Wildman–Crippen LogP) is 2.80. The van der Waals surface area contributed by atoms with Crippen molar-refractivity contribution in [2.45, 2.75) is 39.2 Å². The lowest BCUT2D eigenvalue weighted by Gasteiger charge is -2.11. The molecule has 0 aliphatic heterocycles. The minimum Gasteiger partial charge on any atom is -0.369 e. The number of non-ortho nitro benzene ring substituents is 1. The number of aryl methyl sites for hydroxylation is 1. The summed E-state index contributed by atoms with van der Waals surface area (Å²) in [5.74, 6) is -0.0180. The number of unbranched alkanes of at least 4 members (excludes halogenated alkanes) is 1. The van der Waals surface area contributed by atoms with Crippen LogP contribution >= 0.6 is 0 Å². The highest BCUT2D eigenvalue weighted by Crippen LogP contribution is 2.16. The van der Waals surface area contributed by atoms with Crippen LogP contribution in [0.1, 0.15) is 36.5 Å². The highest BCUT2D eigenvalue weighted by molar-refractivity contribution is 5.88. The molecule has 0 amide bonds. The molecule has 0 spiro atoms. The third-order valence-corrected chi connectivity index (χ3v) is 4.83. The molecule has 0 N–H and O–H groups in total. The number of benzene rings is 1. The van der Waals surface area contributed by atoms with E-state index in [2.05, 4.69) is 15.0 Å². The second-order valence-electron chi connectivity index (χ2n) is 7.53. The fourth-order valence-electron chi connectivity index (χ4n) is 3.10. The van der Waals surface area contributed by atoms with Crippen molar-refractivity contribution >= 4 is 35.0 Å². The maximum absolute atomic E-state index is 13.2. The van der Waals surface area contributed by atoms with Gasteiger partial charge in [-0.3, -0.25) is 28.8 Å². The molecule has 0 atom stereocenters. The standard InChI is InChI=1S/C21H25N7O4/c1-4-5-6-17(29)27-14-22-18-19(27)24-21(23-13-25(2)3)26(20(18)30)12-11-15-7-9-16(10-8-15)28(31)32/h7-10,13-14H,4-6,11-12H2,1-3H3/b23-13+. The van der Waals surface area contributed by atoms with Crippen molar-refractivity contribution in [3.63, 3.8) is 0 Å². The molecule has 2 heterocycles. The van der Waals surface area contributed by atoms with E-state index in [1.807, 2.05) is 6.92 Å². The number of rotatable bonds is 9. The van der Waals surface area contributed by atoms with Gasteiger partial charge in [0.1, 0.15) is 6.33 Å². The van der Waals surface area contributed by atoms with Crippen LogP contribution in [-0.2, 0) is 13.0 Å². The molecule has 0 saturated heterocycles. The molecule has 0 saturated carbocycles. The maximum atomic E-state index is 13.2. The molecule has 0 fully saturated rings. The molecule has 11 heteroatoms. The number of hydrogen-bond acceptors (Lipinski definition) is 7. The Hall–Kier alpha value is -3.89. The molecule has 2 aromatic heterocycles. The molecule has 0 bridgehead atoms. The van der Waals surface area contributed by atoms with E-state index in [0.29, 0.717) is 12.8 Å². The topological polar surface area (TPSA) is 129 Å². The summed E-state index contributed by atoms with van der Waals surface area (Å²) in [7, 11) is 3.58. The zero-order chi connectivity index (χ0) is 23.3. The molecular formula is C21H25N7O4. The number of fused-ring (bicyclic) bond motifs is 1. The Balaban J connectivity index is 1.99. The summed E-state index contributed by atoms with van der Waals surface area (Å²) in [6.07, 6.45) is 5.23. The second kappa shape index (κ2) is 9.94. The molecule has 0 aliphatic carbocycles. The first-order valence-corrected chi connectivity index (χ1v) is 10.3. The van der Waals surface area contributed by atoms with Gasteiger partial charge in [-0.05, 0) is 18.4 Å². The van der Waals surface area contributed by atoms with Gasteiger partial charge in [0.2, 0.25) is 11.9 Å². The number of hydrogen-bond donors (Lipinski definition) is 0. The lowest BCUT2D eigenvalue weighted by atomic mass is 10.1. The number of nitrogens with zero attached hydrogens (tertiary/aromatic N) is 7. The fraction of sp³-hybridized carbons (Fsp3) is 0.381. The number of aromatic nitrogens is 4. The van der Waals surface area contributed by atoms with Gasteiger partial charge in [0, 0.05) is 39.2 Å². The van der Waals surface area contributed by atoms with Crippen LogP contribution in [0, 0.1) is 10.1 Å². The van der Waals surface area contributed by atoms with Crippen LogP contribution in [-0.4, -0.2) is 55.3 Å². The van der Waals surface area contributed by atoms with Gasteiger partial charge in [0.15, 0.2) is 11.2 Å². The first-order valence-electron chi connectivity index (χ1n) is 10.3. The summed E-state index contributed by atoms with van der Waals surface area (Å²) >= 11 is 0.